The quantitative estimate of drug-likeness (QED) is 0.593. The Labute approximate surface area is 162 Å². The van der Waals surface area contributed by atoms with Crippen molar-refractivity contribution in [3.8, 4) is 5.75 Å². The van der Waals surface area contributed by atoms with Gasteiger partial charge in [-0.15, -0.1) is 0 Å². The standard InChI is InChI=1S/C21H32N4O2/c1-22-19(26)14-16-8-12-25(13-9-16)20(23-2)24-15-21(10-11-21)17-6-4-5-7-18(17)27-3/h4-7,16H,8-15H2,1-3H3,(H,22,26)(H,23,24). The second kappa shape index (κ2) is 8.63. The fraction of sp³-hybridized carbons (Fsp3) is 0.619. The molecule has 1 saturated heterocycles. The molecule has 2 fully saturated rings. The lowest BCUT2D eigenvalue weighted by molar-refractivity contribution is -0.121. The molecule has 1 aromatic carbocycles. The number of likely N-dealkylation sites (tertiary alicyclic amines) is 1. The van der Waals surface area contributed by atoms with Crippen LogP contribution in [-0.4, -0.2) is 57.6 Å². The summed E-state index contributed by atoms with van der Waals surface area (Å²) in [6.45, 7) is 2.77. The summed E-state index contributed by atoms with van der Waals surface area (Å²) in [6.07, 6.45) is 5.04. The highest BCUT2D eigenvalue weighted by atomic mass is 16.5. The van der Waals surface area contributed by atoms with Crippen LogP contribution in [0.5, 0.6) is 5.75 Å². The van der Waals surface area contributed by atoms with Gasteiger partial charge in [0.2, 0.25) is 5.91 Å². The van der Waals surface area contributed by atoms with Crippen LogP contribution < -0.4 is 15.4 Å². The number of para-hydroxylation sites is 1. The Kier molecular flexibility index (Phi) is 6.24. The van der Waals surface area contributed by atoms with E-state index in [2.05, 4.69) is 32.7 Å². The second-order valence-corrected chi connectivity index (χ2v) is 7.69. The molecular formula is C21H32N4O2. The first kappa shape index (κ1) is 19.5. The van der Waals surface area contributed by atoms with Crippen LogP contribution in [0.4, 0.5) is 0 Å². The number of hydrogen-bond donors (Lipinski definition) is 2. The van der Waals surface area contributed by atoms with Crippen LogP contribution in [0, 0.1) is 5.92 Å². The molecule has 1 aromatic rings. The first-order valence-electron chi connectivity index (χ1n) is 9.91. The van der Waals surface area contributed by atoms with Crippen molar-refractivity contribution >= 4 is 11.9 Å². The van der Waals surface area contributed by atoms with Gasteiger partial charge >= 0.3 is 0 Å². The van der Waals surface area contributed by atoms with Crippen molar-refractivity contribution in [3.05, 3.63) is 29.8 Å². The minimum absolute atomic E-state index is 0.142. The van der Waals surface area contributed by atoms with Gasteiger partial charge in [-0.3, -0.25) is 9.79 Å². The molecule has 0 unspecified atom stereocenters. The number of rotatable bonds is 6. The molecule has 1 amide bonds. The van der Waals surface area contributed by atoms with Crippen LogP contribution >= 0.6 is 0 Å². The normalized spacial score (nSPS) is 19.5. The van der Waals surface area contributed by atoms with Gasteiger partial charge in [0, 0.05) is 51.1 Å². The fourth-order valence-corrected chi connectivity index (χ4v) is 4.07. The van der Waals surface area contributed by atoms with Crippen LogP contribution in [-0.2, 0) is 10.2 Å². The Morgan fingerprint density at radius 1 is 1.30 bits per heavy atom. The lowest BCUT2D eigenvalue weighted by Crippen LogP contribution is -2.47. The first-order chi connectivity index (χ1) is 13.1. The summed E-state index contributed by atoms with van der Waals surface area (Å²) in [6, 6.07) is 8.33. The maximum atomic E-state index is 11.6. The van der Waals surface area contributed by atoms with E-state index >= 15 is 0 Å². The molecule has 1 saturated carbocycles. The van der Waals surface area contributed by atoms with Crippen molar-refractivity contribution in [1.82, 2.24) is 15.5 Å². The van der Waals surface area contributed by atoms with Crippen molar-refractivity contribution in [1.29, 1.82) is 0 Å². The van der Waals surface area contributed by atoms with Crippen LogP contribution in [0.15, 0.2) is 29.3 Å². The number of carbonyl (C=O) groups is 1. The number of amides is 1. The molecule has 1 aliphatic carbocycles. The molecule has 0 radical (unpaired) electrons. The van der Waals surface area contributed by atoms with E-state index in [1.807, 2.05) is 19.2 Å². The highest BCUT2D eigenvalue weighted by molar-refractivity contribution is 5.80. The molecule has 1 aliphatic heterocycles. The zero-order valence-corrected chi connectivity index (χ0v) is 16.8. The second-order valence-electron chi connectivity index (χ2n) is 7.69. The van der Waals surface area contributed by atoms with E-state index in [-0.39, 0.29) is 11.3 Å². The molecule has 1 heterocycles. The largest absolute Gasteiger partial charge is 0.496 e. The average Bonchev–Trinajstić information content (AvgIpc) is 3.50. The SMILES string of the molecule is CN=C(NCC1(c2ccccc2OC)CC1)N1CCC(CC(=O)NC)CC1. The third-order valence-corrected chi connectivity index (χ3v) is 6.00. The zero-order chi connectivity index (χ0) is 19.3. The third kappa shape index (κ3) is 4.54. The predicted octanol–water partition coefficient (Wildman–Crippen LogP) is 2.15. The number of methoxy groups -OCH3 is 1. The summed E-state index contributed by atoms with van der Waals surface area (Å²) >= 11 is 0. The van der Waals surface area contributed by atoms with Gasteiger partial charge in [-0.1, -0.05) is 18.2 Å². The lowest BCUT2D eigenvalue weighted by atomic mass is 9.93. The molecule has 0 bridgehead atoms. The van der Waals surface area contributed by atoms with Crippen LogP contribution in [0.3, 0.4) is 0 Å². The average molecular weight is 373 g/mol. The van der Waals surface area contributed by atoms with Gasteiger partial charge in [0.1, 0.15) is 5.75 Å². The summed E-state index contributed by atoms with van der Waals surface area (Å²) in [5.41, 5.74) is 1.44. The van der Waals surface area contributed by atoms with E-state index < -0.39 is 0 Å². The summed E-state index contributed by atoms with van der Waals surface area (Å²) in [7, 11) is 5.30. The van der Waals surface area contributed by atoms with Gasteiger partial charge in [-0.2, -0.15) is 0 Å². The van der Waals surface area contributed by atoms with Gasteiger partial charge in [-0.25, -0.2) is 0 Å². The van der Waals surface area contributed by atoms with E-state index in [1.54, 1.807) is 14.2 Å². The van der Waals surface area contributed by atoms with Gasteiger partial charge in [0.15, 0.2) is 5.96 Å². The Morgan fingerprint density at radius 2 is 2.00 bits per heavy atom. The number of ether oxygens (including phenoxy) is 1. The van der Waals surface area contributed by atoms with E-state index in [1.165, 1.54) is 18.4 Å². The topological polar surface area (TPSA) is 66.0 Å². The molecule has 2 N–H and O–H groups in total. The predicted molar refractivity (Wildman–Crippen MR) is 108 cm³/mol. The van der Waals surface area contributed by atoms with Gasteiger partial charge in [0.25, 0.3) is 0 Å². The van der Waals surface area contributed by atoms with E-state index in [0.29, 0.717) is 12.3 Å². The van der Waals surface area contributed by atoms with Gasteiger partial charge in [0.05, 0.1) is 7.11 Å². The minimum atomic E-state index is 0.142. The number of nitrogens with zero attached hydrogens (tertiary/aromatic N) is 2. The highest BCUT2D eigenvalue weighted by Crippen LogP contribution is 2.50. The van der Waals surface area contributed by atoms with Crippen LogP contribution in [0.1, 0.15) is 37.7 Å². The molecule has 6 nitrogen and oxygen atoms in total. The maximum Gasteiger partial charge on any atom is 0.220 e. The number of nitrogens with one attached hydrogen (secondary N) is 2. The lowest BCUT2D eigenvalue weighted by Gasteiger charge is -2.34. The van der Waals surface area contributed by atoms with Gasteiger partial charge in [-0.05, 0) is 37.7 Å². The van der Waals surface area contributed by atoms with Crippen molar-refractivity contribution in [2.75, 3.05) is 40.8 Å². The van der Waals surface area contributed by atoms with Crippen LogP contribution in [0.2, 0.25) is 0 Å². The van der Waals surface area contributed by atoms with Crippen molar-refractivity contribution in [2.45, 2.75) is 37.5 Å². The van der Waals surface area contributed by atoms with Crippen molar-refractivity contribution < 1.29 is 9.53 Å². The fourth-order valence-electron chi connectivity index (χ4n) is 4.07. The third-order valence-electron chi connectivity index (χ3n) is 6.00. The Morgan fingerprint density at radius 3 is 2.59 bits per heavy atom. The number of carbonyl (C=O) groups excluding carboxylic acids is 1. The summed E-state index contributed by atoms with van der Waals surface area (Å²) in [5, 5.41) is 6.33. The molecule has 3 rings (SSSR count). The first-order valence-corrected chi connectivity index (χ1v) is 9.91. The summed E-state index contributed by atoms with van der Waals surface area (Å²) in [4.78, 5) is 18.4. The molecule has 0 aromatic heterocycles. The number of piperidine rings is 1. The maximum absolute atomic E-state index is 11.6. The highest BCUT2D eigenvalue weighted by Gasteiger charge is 2.46. The number of aliphatic imine (C=N–C) groups is 1. The number of hydrogen-bond acceptors (Lipinski definition) is 3. The van der Waals surface area contributed by atoms with Crippen LogP contribution in [0.25, 0.3) is 0 Å². The Bertz CT molecular complexity index is 677. The monoisotopic (exact) mass is 372 g/mol. The Hall–Kier alpha value is -2.24. The van der Waals surface area contributed by atoms with Crippen molar-refractivity contribution in [3.63, 3.8) is 0 Å². The molecule has 6 heteroatoms. The molecule has 2 aliphatic rings. The smallest absolute Gasteiger partial charge is 0.220 e. The molecule has 0 spiro atoms. The molecule has 0 atom stereocenters. The summed E-state index contributed by atoms with van der Waals surface area (Å²) in [5.74, 6) is 2.56. The molecule has 27 heavy (non-hydrogen) atoms. The Balaban J connectivity index is 1.55. The number of benzene rings is 1. The van der Waals surface area contributed by atoms with Crippen molar-refractivity contribution in [2.24, 2.45) is 10.9 Å². The summed E-state index contributed by atoms with van der Waals surface area (Å²) < 4.78 is 5.57. The zero-order valence-electron chi connectivity index (χ0n) is 16.8. The van der Waals surface area contributed by atoms with E-state index in [9.17, 15) is 4.79 Å². The number of guanidine groups is 1. The molecular weight excluding hydrogens is 340 g/mol. The van der Waals surface area contributed by atoms with E-state index in [0.717, 1.165) is 44.2 Å². The molecule has 148 valence electrons. The van der Waals surface area contributed by atoms with Gasteiger partial charge < -0.3 is 20.3 Å². The van der Waals surface area contributed by atoms with E-state index in [4.69, 9.17) is 4.74 Å². The minimum Gasteiger partial charge on any atom is -0.496 e.